The van der Waals surface area contributed by atoms with Gasteiger partial charge in [0.2, 0.25) is 0 Å². The highest BCUT2D eigenvalue weighted by atomic mass is 127. The molecule has 3 nitrogen and oxygen atoms in total. The van der Waals surface area contributed by atoms with Crippen LogP contribution >= 0.6 is 22.9 Å². The van der Waals surface area contributed by atoms with Crippen LogP contribution in [0.5, 0.6) is 0 Å². The molecular weight excluding hydrogens is 301 g/mol. The summed E-state index contributed by atoms with van der Waals surface area (Å²) in [4.78, 5) is 4.47. The van der Waals surface area contributed by atoms with Crippen molar-refractivity contribution in [2.45, 2.75) is 44.2 Å². The minimum Gasteiger partial charge on any atom is -0.326 e. The molecule has 2 aliphatic rings. The second-order valence-electron chi connectivity index (χ2n) is 4.78. The third-order valence-electron chi connectivity index (χ3n) is 3.79. The molecule has 0 amide bonds. The maximum atomic E-state index is 4.47. The molecule has 4 heteroatoms. The third-order valence-corrected chi connectivity index (χ3v) is 4.47. The zero-order valence-electron chi connectivity index (χ0n) is 8.82. The van der Waals surface area contributed by atoms with Crippen molar-refractivity contribution in [3.63, 3.8) is 0 Å². The molecule has 1 aliphatic carbocycles. The van der Waals surface area contributed by atoms with Crippen LogP contribution in [-0.2, 0) is 12.1 Å². The molecule has 1 aromatic heterocycles. The van der Waals surface area contributed by atoms with Gasteiger partial charge in [-0.15, -0.1) is 0 Å². The van der Waals surface area contributed by atoms with Gasteiger partial charge in [-0.25, -0.2) is 8.10 Å². The van der Waals surface area contributed by atoms with Crippen molar-refractivity contribution in [3.05, 3.63) is 18.2 Å². The first-order valence-electron chi connectivity index (χ1n) is 5.74. The number of fused-ring (bicyclic) bond motifs is 2. The number of nitrogens with zero attached hydrogens (tertiary/aromatic N) is 3. The lowest BCUT2D eigenvalue weighted by molar-refractivity contribution is 0.130. The number of hydrogen-bond donors (Lipinski definition) is 0. The first-order valence-corrected chi connectivity index (χ1v) is 6.70. The third kappa shape index (κ3) is 1.62. The highest BCUT2D eigenvalue weighted by Gasteiger charge is 2.39. The van der Waals surface area contributed by atoms with Gasteiger partial charge in [-0.2, -0.15) is 0 Å². The van der Waals surface area contributed by atoms with Gasteiger partial charge in [-0.05, 0) is 12.8 Å². The fourth-order valence-electron chi connectivity index (χ4n) is 3.10. The minimum absolute atomic E-state index is 0.365. The van der Waals surface area contributed by atoms with Gasteiger partial charge in [-0.3, -0.25) is 0 Å². The van der Waals surface area contributed by atoms with E-state index in [-0.39, 0.29) is 0 Å². The Morgan fingerprint density at radius 2 is 2.07 bits per heavy atom. The summed E-state index contributed by atoms with van der Waals surface area (Å²) in [5.74, 6) is 1.25. The van der Waals surface area contributed by atoms with Crippen LogP contribution in [0.15, 0.2) is 12.4 Å². The van der Waals surface area contributed by atoms with E-state index in [9.17, 15) is 0 Å². The zero-order chi connectivity index (χ0) is 10.3. The maximum Gasteiger partial charge on any atom is 0.124 e. The summed E-state index contributed by atoms with van der Waals surface area (Å²) >= 11 is 2.44. The molecule has 0 unspecified atom stereocenters. The van der Waals surface area contributed by atoms with Crippen LogP contribution < -0.4 is 0 Å². The molecule has 0 atom stereocenters. The van der Waals surface area contributed by atoms with Crippen LogP contribution in [0.1, 0.15) is 37.9 Å². The van der Waals surface area contributed by atoms with E-state index in [0.29, 0.717) is 5.54 Å². The van der Waals surface area contributed by atoms with Crippen LogP contribution in [0, 0.1) is 0 Å². The van der Waals surface area contributed by atoms with Gasteiger partial charge in [0.05, 0.1) is 12.1 Å². The number of imidazole rings is 1. The van der Waals surface area contributed by atoms with Crippen molar-refractivity contribution in [3.8, 4) is 0 Å². The molecule has 0 N–H and O–H groups in total. The summed E-state index contributed by atoms with van der Waals surface area (Å²) in [6.07, 6.45) is 11.0. The molecular formula is C11H16IN3. The largest absolute Gasteiger partial charge is 0.326 e. The van der Waals surface area contributed by atoms with Crippen molar-refractivity contribution in [2.24, 2.45) is 0 Å². The second-order valence-corrected chi connectivity index (χ2v) is 6.14. The molecule has 1 fully saturated rings. The summed E-state index contributed by atoms with van der Waals surface area (Å²) in [6.45, 7) is 2.19. The smallest absolute Gasteiger partial charge is 0.124 e. The quantitative estimate of drug-likeness (QED) is 0.542. The number of aromatic nitrogens is 2. The van der Waals surface area contributed by atoms with Gasteiger partial charge in [0.25, 0.3) is 0 Å². The average Bonchev–Trinajstić information content (AvgIpc) is 2.67. The summed E-state index contributed by atoms with van der Waals surface area (Å²) in [6, 6.07) is 0. The summed E-state index contributed by atoms with van der Waals surface area (Å²) in [5.41, 5.74) is 0.365. The molecule has 1 aromatic rings. The molecule has 1 saturated carbocycles. The number of halogens is 1. The van der Waals surface area contributed by atoms with Gasteiger partial charge in [-0.1, -0.05) is 19.3 Å². The van der Waals surface area contributed by atoms with Gasteiger partial charge in [0.15, 0.2) is 0 Å². The van der Waals surface area contributed by atoms with E-state index in [1.807, 2.05) is 6.20 Å². The molecule has 3 rings (SSSR count). The lowest BCUT2D eigenvalue weighted by atomic mass is 9.80. The molecule has 0 radical (unpaired) electrons. The first kappa shape index (κ1) is 10.1. The standard InChI is InChI=1S/C11H16IN3/c12-14-8-10-13-6-7-15(10)11(9-14)4-2-1-3-5-11/h6-7H,1-5,8-9H2. The van der Waals surface area contributed by atoms with Crippen LogP contribution in [0.2, 0.25) is 0 Å². The maximum absolute atomic E-state index is 4.47. The minimum atomic E-state index is 0.365. The molecule has 15 heavy (non-hydrogen) atoms. The van der Waals surface area contributed by atoms with E-state index >= 15 is 0 Å². The lowest BCUT2D eigenvalue weighted by Crippen LogP contribution is -2.48. The molecule has 0 saturated heterocycles. The number of hydrogen-bond acceptors (Lipinski definition) is 2. The van der Waals surface area contributed by atoms with Crippen molar-refractivity contribution in [1.29, 1.82) is 0 Å². The predicted molar refractivity (Wildman–Crippen MR) is 67.7 cm³/mol. The average molecular weight is 317 g/mol. The second kappa shape index (κ2) is 3.73. The van der Waals surface area contributed by atoms with Crippen LogP contribution in [0.25, 0.3) is 0 Å². The van der Waals surface area contributed by atoms with E-state index < -0.39 is 0 Å². The highest BCUT2D eigenvalue weighted by Crippen LogP contribution is 2.39. The van der Waals surface area contributed by atoms with E-state index in [1.165, 1.54) is 44.5 Å². The predicted octanol–water partition coefficient (Wildman–Crippen LogP) is 2.71. The van der Waals surface area contributed by atoms with Crippen LogP contribution in [-0.4, -0.2) is 19.2 Å². The van der Waals surface area contributed by atoms with E-state index in [1.54, 1.807) is 0 Å². The first-order chi connectivity index (χ1) is 7.30. The molecule has 1 spiro atoms. The Morgan fingerprint density at radius 3 is 2.87 bits per heavy atom. The Labute approximate surface area is 104 Å². The normalized spacial score (nSPS) is 25.4. The SMILES string of the molecule is IN1Cc2nccn2C2(CCCCC2)C1. The van der Waals surface area contributed by atoms with E-state index in [2.05, 4.69) is 41.7 Å². The molecule has 2 heterocycles. The van der Waals surface area contributed by atoms with E-state index in [0.717, 1.165) is 6.54 Å². The Hall–Kier alpha value is -0.100. The lowest BCUT2D eigenvalue weighted by Gasteiger charge is -2.44. The Morgan fingerprint density at radius 1 is 1.27 bits per heavy atom. The Kier molecular flexibility index (Phi) is 2.51. The van der Waals surface area contributed by atoms with Gasteiger partial charge >= 0.3 is 0 Å². The summed E-state index contributed by atoms with van der Waals surface area (Å²) < 4.78 is 4.85. The van der Waals surface area contributed by atoms with Crippen LogP contribution in [0.3, 0.4) is 0 Å². The topological polar surface area (TPSA) is 21.1 Å². The molecule has 0 aromatic carbocycles. The highest BCUT2D eigenvalue weighted by molar-refractivity contribution is 14.1. The van der Waals surface area contributed by atoms with Gasteiger partial charge in [0.1, 0.15) is 5.82 Å². The monoisotopic (exact) mass is 317 g/mol. The van der Waals surface area contributed by atoms with Crippen molar-refractivity contribution >= 4 is 22.9 Å². The summed E-state index contributed by atoms with van der Waals surface area (Å²) in [7, 11) is 0. The fourth-order valence-corrected chi connectivity index (χ4v) is 4.04. The van der Waals surface area contributed by atoms with Crippen molar-refractivity contribution in [1.82, 2.24) is 12.7 Å². The molecule has 0 bridgehead atoms. The fraction of sp³-hybridized carbons (Fsp3) is 0.727. The van der Waals surface area contributed by atoms with Gasteiger partial charge in [0, 0.05) is 41.8 Å². The number of rotatable bonds is 0. The zero-order valence-corrected chi connectivity index (χ0v) is 11.0. The van der Waals surface area contributed by atoms with Crippen molar-refractivity contribution < 1.29 is 0 Å². The molecule has 1 aliphatic heterocycles. The van der Waals surface area contributed by atoms with Crippen LogP contribution in [0.4, 0.5) is 0 Å². The summed E-state index contributed by atoms with van der Waals surface area (Å²) in [5, 5.41) is 0. The Bertz CT molecular complexity index is 354. The Balaban J connectivity index is 2.02. The molecule has 82 valence electrons. The van der Waals surface area contributed by atoms with Gasteiger partial charge < -0.3 is 4.57 Å². The van der Waals surface area contributed by atoms with Crippen molar-refractivity contribution in [2.75, 3.05) is 6.54 Å². The van der Waals surface area contributed by atoms with E-state index in [4.69, 9.17) is 0 Å².